The number of hydrogen-bond acceptors (Lipinski definition) is 3. The Morgan fingerprint density at radius 1 is 1.39 bits per heavy atom. The zero-order chi connectivity index (χ0) is 13.3. The lowest BCUT2D eigenvalue weighted by Crippen LogP contribution is -2.33. The smallest absolute Gasteiger partial charge is 0.301 e. The summed E-state index contributed by atoms with van der Waals surface area (Å²) in [5, 5.41) is 0. The molecular weight excluding hydrogens is 250 g/mol. The zero-order valence-electron chi connectivity index (χ0n) is 10.6. The minimum Gasteiger partial charge on any atom is -0.329 e. The van der Waals surface area contributed by atoms with Gasteiger partial charge in [-0.3, -0.25) is 4.31 Å². The van der Waals surface area contributed by atoms with Gasteiger partial charge < -0.3 is 5.73 Å². The third-order valence-electron chi connectivity index (χ3n) is 3.12. The van der Waals surface area contributed by atoms with Gasteiger partial charge in [0.1, 0.15) is 0 Å². The van der Waals surface area contributed by atoms with Gasteiger partial charge in [-0.2, -0.15) is 13.1 Å². The van der Waals surface area contributed by atoms with Crippen molar-refractivity contribution in [2.24, 2.45) is 5.73 Å². The molecule has 1 fully saturated rings. The van der Waals surface area contributed by atoms with Crippen LogP contribution in [0.5, 0.6) is 0 Å². The van der Waals surface area contributed by atoms with E-state index in [4.69, 9.17) is 5.73 Å². The van der Waals surface area contributed by atoms with Crippen molar-refractivity contribution >= 4 is 15.9 Å². The molecule has 5 nitrogen and oxygen atoms in total. The van der Waals surface area contributed by atoms with Crippen LogP contribution in [0.1, 0.15) is 25.3 Å². The van der Waals surface area contributed by atoms with Crippen LogP contribution >= 0.6 is 0 Å². The van der Waals surface area contributed by atoms with E-state index in [9.17, 15) is 8.42 Å². The first kappa shape index (κ1) is 13.3. The summed E-state index contributed by atoms with van der Waals surface area (Å²) in [7, 11) is -3.43. The molecule has 1 aromatic carbocycles. The summed E-state index contributed by atoms with van der Waals surface area (Å²) in [6, 6.07) is 7.40. The lowest BCUT2D eigenvalue weighted by Gasteiger charge is -2.16. The Bertz CT molecular complexity index is 511. The van der Waals surface area contributed by atoms with Crippen molar-refractivity contribution in [1.29, 1.82) is 0 Å². The fourth-order valence-electron chi connectivity index (χ4n) is 2.00. The normalized spacial score (nSPS) is 22.7. The number of rotatable bonds is 3. The van der Waals surface area contributed by atoms with E-state index in [1.807, 2.05) is 24.3 Å². The van der Waals surface area contributed by atoms with Crippen LogP contribution in [0.4, 0.5) is 5.69 Å². The molecule has 1 aliphatic heterocycles. The standard InChI is InChI=1S/C12H19N3O2S/c1-9(2)10-3-5-12(6-4-10)15-8-11(7-13)14-18(15,16)17/h3-6,9,11,14H,7-8,13H2,1-2H3. The monoisotopic (exact) mass is 269 g/mol. The zero-order valence-corrected chi connectivity index (χ0v) is 11.4. The average molecular weight is 269 g/mol. The summed E-state index contributed by atoms with van der Waals surface area (Å²) in [5.74, 6) is 0.434. The predicted octanol–water partition coefficient (Wildman–Crippen LogP) is 0.792. The quantitative estimate of drug-likeness (QED) is 0.852. The number of nitrogens with zero attached hydrogens (tertiary/aromatic N) is 1. The number of nitrogens with one attached hydrogen (secondary N) is 1. The van der Waals surface area contributed by atoms with Crippen LogP contribution < -0.4 is 14.8 Å². The molecule has 0 aromatic heterocycles. The first-order valence-corrected chi connectivity index (χ1v) is 7.48. The molecule has 2 rings (SSSR count). The van der Waals surface area contributed by atoms with Crippen molar-refractivity contribution in [3.8, 4) is 0 Å². The molecule has 100 valence electrons. The Morgan fingerprint density at radius 2 is 2.00 bits per heavy atom. The van der Waals surface area contributed by atoms with Gasteiger partial charge in [-0.05, 0) is 23.6 Å². The Balaban J connectivity index is 2.26. The summed E-state index contributed by atoms with van der Waals surface area (Å²) >= 11 is 0. The molecule has 1 unspecified atom stereocenters. The molecule has 1 aromatic rings. The minimum absolute atomic E-state index is 0.209. The number of hydrogen-bond donors (Lipinski definition) is 2. The van der Waals surface area contributed by atoms with Gasteiger partial charge in [-0.15, -0.1) is 0 Å². The number of benzene rings is 1. The van der Waals surface area contributed by atoms with Crippen LogP contribution in [0.25, 0.3) is 0 Å². The van der Waals surface area contributed by atoms with Gasteiger partial charge in [-0.1, -0.05) is 26.0 Å². The third kappa shape index (κ3) is 2.50. The minimum atomic E-state index is -3.43. The molecule has 0 amide bonds. The lowest BCUT2D eigenvalue weighted by molar-refractivity contribution is 0.583. The second-order valence-electron chi connectivity index (χ2n) is 4.83. The summed E-state index contributed by atoms with van der Waals surface area (Å²) in [6.07, 6.45) is 0. The number of anilines is 1. The van der Waals surface area contributed by atoms with Gasteiger partial charge in [0.2, 0.25) is 0 Å². The Hall–Kier alpha value is -1.11. The summed E-state index contributed by atoms with van der Waals surface area (Å²) in [6.45, 7) is 4.90. The highest BCUT2D eigenvalue weighted by molar-refractivity contribution is 7.91. The van der Waals surface area contributed by atoms with Crippen molar-refractivity contribution in [2.75, 3.05) is 17.4 Å². The van der Waals surface area contributed by atoms with Gasteiger partial charge in [0, 0.05) is 6.54 Å². The Kier molecular flexibility index (Phi) is 3.61. The lowest BCUT2D eigenvalue weighted by atomic mass is 10.0. The topological polar surface area (TPSA) is 75.4 Å². The second-order valence-corrected chi connectivity index (χ2v) is 6.46. The van der Waals surface area contributed by atoms with Gasteiger partial charge in [0.05, 0.1) is 18.3 Å². The molecule has 0 spiro atoms. The summed E-state index contributed by atoms with van der Waals surface area (Å²) < 4.78 is 27.7. The van der Waals surface area contributed by atoms with Gasteiger partial charge in [0.25, 0.3) is 0 Å². The van der Waals surface area contributed by atoms with Gasteiger partial charge >= 0.3 is 10.2 Å². The fourth-order valence-corrected chi connectivity index (χ4v) is 3.50. The van der Waals surface area contributed by atoms with Crippen molar-refractivity contribution in [1.82, 2.24) is 4.72 Å². The van der Waals surface area contributed by atoms with E-state index in [1.165, 1.54) is 9.87 Å². The van der Waals surface area contributed by atoms with Crippen LogP contribution in [0, 0.1) is 0 Å². The fraction of sp³-hybridized carbons (Fsp3) is 0.500. The van der Waals surface area contributed by atoms with Crippen molar-refractivity contribution < 1.29 is 8.42 Å². The molecule has 3 N–H and O–H groups in total. The largest absolute Gasteiger partial charge is 0.329 e. The van der Waals surface area contributed by atoms with E-state index in [0.29, 0.717) is 24.7 Å². The van der Waals surface area contributed by atoms with E-state index in [0.717, 1.165) is 0 Å². The molecule has 1 aliphatic rings. The molecule has 1 saturated heterocycles. The molecular formula is C12H19N3O2S. The highest BCUT2D eigenvalue weighted by Crippen LogP contribution is 2.24. The van der Waals surface area contributed by atoms with Crippen LogP contribution in [-0.4, -0.2) is 27.5 Å². The van der Waals surface area contributed by atoms with E-state index < -0.39 is 10.2 Å². The van der Waals surface area contributed by atoms with E-state index in [1.54, 1.807) is 0 Å². The maximum Gasteiger partial charge on any atom is 0.301 e. The first-order chi connectivity index (χ1) is 8.44. The van der Waals surface area contributed by atoms with E-state index in [-0.39, 0.29) is 6.04 Å². The summed E-state index contributed by atoms with van der Waals surface area (Å²) in [5.41, 5.74) is 7.38. The molecule has 18 heavy (non-hydrogen) atoms. The van der Waals surface area contributed by atoms with Crippen molar-refractivity contribution in [3.63, 3.8) is 0 Å². The van der Waals surface area contributed by atoms with Crippen molar-refractivity contribution in [3.05, 3.63) is 29.8 Å². The summed E-state index contributed by atoms with van der Waals surface area (Å²) in [4.78, 5) is 0. The van der Waals surface area contributed by atoms with Gasteiger partial charge in [-0.25, -0.2) is 0 Å². The SMILES string of the molecule is CC(C)c1ccc(N2CC(CN)NS2(=O)=O)cc1. The van der Waals surface area contributed by atoms with Crippen LogP contribution in [0.15, 0.2) is 24.3 Å². The Labute approximate surface area is 108 Å². The predicted molar refractivity (Wildman–Crippen MR) is 72.8 cm³/mol. The molecule has 1 atom stereocenters. The molecule has 6 heteroatoms. The highest BCUT2D eigenvalue weighted by Gasteiger charge is 2.34. The maximum atomic E-state index is 11.9. The molecule has 0 saturated carbocycles. The van der Waals surface area contributed by atoms with Crippen molar-refractivity contribution in [2.45, 2.75) is 25.8 Å². The van der Waals surface area contributed by atoms with Crippen LogP contribution in [0.2, 0.25) is 0 Å². The molecule has 0 aliphatic carbocycles. The molecule has 1 heterocycles. The first-order valence-electron chi connectivity index (χ1n) is 6.04. The van der Waals surface area contributed by atoms with E-state index in [2.05, 4.69) is 18.6 Å². The molecule has 0 bridgehead atoms. The van der Waals surface area contributed by atoms with Crippen LogP contribution in [0.3, 0.4) is 0 Å². The maximum absolute atomic E-state index is 11.9. The molecule has 0 radical (unpaired) electrons. The average Bonchev–Trinajstić information content (AvgIpc) is 2.64. The van der Waals surface area contributed by atoms with Crippen LogP contribution in [-0.2, 0) is 10.2 Å². The van der Waals surface area contributed by atoms with Gasteiger partial charge in [0.15, 0.2) is 0 Å². The third-order valence-corrected chi connectivity index (χ3v) is 4.70. The number of nitrogens with two attached hydrogens (primary N) is 1. The Morgan fingerprint density at radius 3 is 2.44 bits per heavy atom. The second kappa shape index (κ2) is 4.87. The highest BCUT2D eigenvalue weighted by atomic mass is 32.2. The van der Waals surface area contributed by atoms with E-state index >= 15 is 0 Å².